The molecular formula is C26H25N3O4. The maximum absolute atomic E-state index is 13.0. The van der Waals surface area contributed by atoms with Crippen LogP contribution in [0.1, 0.15) is 29.3 Å². The molecule has 4 rings (SSSR count). The standard InChI is InChI=1S/C26H25N3O4/c1-2-29(14-13-23(30)28-20-10-7-18(8-11-20)26(27)32)24(31)15-19-16-33-22-12-9-17-5-3-4-6-21(17)25(19)22/h3-12,16H,2,13-15H2,1H3,(H2,27,32)(H,28,30). The number of benzene rings is 3. The molecule has 7 heteroatoms. The van der Waals surface area contributed by atoms with Crippen LogP contribution in [0, 0.1) is 0 Å². The summed E-state index contributed by atoms with van der Waals surface area (Å²) in [6.45, 7) is 2.69. The van der Waals surface area contributed by atoms with Crippen molar-refractivity contribution in [3.63, 3.8) is 0 Å². The highest BCUT2D eigenvalue weighted by molar-refractivity contribution is 6.08. The number of carbonyl (C=O) groups excluding carboxylic acids is 3. The molecule has 0 aliphatic heterocycles. The largest absolute Gasteiger partial charge is 0.464 e. The number of anilines is 1. The van der Waals surface area contributed by atoms with Gasteiger partial charge in [-0.2, -0.15) is 0 Å². The zero-order valence-electron chi connectivity index (χ0n) is 18.3. The van der Waals surface area contributed by atoms with E-state index in [1.165, 1.54) is 0 Å². The predicted octanol–water partition coefficient (Wildman–Crippen LogP) is 4.10. The van der Waals surface area contributed by atoms with Crippen molar-refractivity contribution in [2.75, 3.05) is 18.4 Å². The Hall–Kier alpha value is -4.13. The van der Waals surface area contributed by atoms with E-state index in [-0.39, 0.29) is 24.7 Å². The lowest BCUT2D eigenvalue weighted by Crippen LogP contribution is -2.34. The number of primary amides is 1. The topological polar surface area (TPSA) is 106 Å². The second kappa shape index (κ2) is 9.56. The summed E-state index contributed by atoms with van der Waals surface area (Å²) < 4.78 is 5.70. The van der Waals surface area contributed by atoms with Gasteiger partial charge in [0.15, 0.2) is 0 Å². The number of fused-ring (bicyclic) bond motifs is 3. The van der Waals surface area contributed by atoms with Gasteiger partial charge in [-0.05, 0) is 48.0 Å². The maximum Gasteiger partial charge on any atom is 0.248 e. The molecule has 4 aromatic rings. The van der Waals surface area contributed by atoms with E-state index in [9.17, 15) is 14.4 Å². The molecule has 0 atom stereocenters. The SMILES string of the molecule is CCN(CCC(=O)Nc1ccc(C(N)=O)cc1)C(=O)Cc1coc2ccc3ccccc3c12. The summed E-state index contributed by atoms with van der Waals surface area (Å²) >= 11 is 0. The number of hydrogen-bond donors (Lipinski definition) is 2. The Morgan fingerprint density at radius 2 is 1.76 bits per heavy atom. The van der Waals surface area contributed by atoms with Crippen molar-refractivity contribution >= 4 is 45.2 Å². The van der Waals surface area contributed by atoms with Crippen molar-refractivity contribution < 1.29 is 18.8 Å². The Labute approximate surface area is 191 Å². The molecule has 3 N–H and O–H groups in total. The summed E-state index contributed by atoms with van der Waals surface area (Å²) in [7, 11) is 0. The Bertz CT molecular complexity index is 1320. The van der Waals surface area contributed by atoms with Crippen LogP contribution in [0.3, 0.4) is 0 Å². The van der Waals surface area contributed by atoms with Gasteiger partial charge in [-0.1, -0.05) is 30.3 Å². The van der Waals surface area contributed by atoms with Gasteiger partial charge in [0.1, 0.15) is 5.58 Å². The Morgan fingerprint density at radius 1 is 1.00 bits per heavy atom. The molecule has 7 nitrogen and oxygen atoms in total. The lowest BCUT2D eigenvalue weighted by molar-refractivity contribution is -0.130. The van der Waals surface area contributed by atoms with E-state index in [0.29, 0.717) is 24.3 Å². The van der Waals surface area contributed by atoms with Crippen LogP contribution >= 0.6 is 0 Å². The zero-order valence-corrected chi connectivity index (χ0v) is 18.3. The summed E-state index contributed by atoms with van der Waals surface area (Å²) in [5, 5.41) is 5.87. The lowest BCUT2D eigenvalue weighted by Gasteiger charge is -2.20. The van der Waals surface area contributed by atoms with Gasteiger partial charge >= 0.3 is 0 Å². The van der Waals surface area contributed by atoms with Crippen LogP contribution in [0.25, 0.3) is 21.7 Å². The molecule has 1 heterocycles. The van der Waals surface area contributed by atoms with E-state index in [1.807, 2.05) is 43.3 Å². The molecule has 168 valence electrons. The minimum absolute atomic E-state index is 0.0632. The molecule has 1 aromatic heterocycles. The fourth-order valence-corrected chi connectivity index (χ4v) is 3.92. The number of amides is 3. The smallest absolute Gasteiger partial charge is 0.248 e. The van der Waals surface area contributed by atoms with Gasteiger partial charge in [-0.15, -0.1) is 0 Å². The van der Waals surface area contributed by atoms with Gasteiger partial charge in [0.25, 0.3) is 0 Å². The van der Waals surface area contributed by atoms with E-state index in [1.54, 1.807) is 35.4 Å². The number of nitrogens with two attached hydrogens (primary N) is 1. The van der Waals surface area contributed by atoms with Crippen molar-refractivity contribution in [3.8, 4) is 0 Å². The molecule has 33 heavy (non-hydrogen) atoms. The number of nitrogens with one attached hydrogen (secondary N) is 1. The van der Waals surface area contributed by atoms with E-state index < -0.39 is 5.91 Å². The molecule has 0 saturated carbocycles. The molecule has 3 amide bonds. The van der Waals surface area contributed by atoms with Crippen molar-refractivity contribution in [1.82, 2.24) is 4.90 Å². The highest BCUT2D eigenvalue weighted by Gasteiger charge is 2.18. The normalized spacial score (nSPS) is 10.9. The highest BCUT2D eigenvalue weighted by Crippen LogP contribution is 2.30. The van der Waals surface area contributed by atoms with Crippen molar-refractivity contribution in [2.45, 2.75) is 19.8 Å². The molecule has 0 fully saturated rings. The summed E-state index contributed by atoms with van der Waals surface area (Å²) in [4.78, 5) is 38.2. The van der Waals surface area contributed by atoms with Crippen molar-refractivity contribution in [3.05, 3.63) is 78.1 Å². The monoisotopic (exact) mass is 443 g/mol. The first-order valence-electron chi connectivity index (χ1n) is 10.8. The van der Waals surface area contributed by atoms with E-state index in [2.05, 4.69) is 5.32 Å². The number of nitrogens with zero attached hydrogens (tertiary/aromatic N) is 1. The predicted molar refractivity (Wildman–Crippen MR) is 128 cm³/mol. The van der Waals surface area contributed by atoms with Crippen LogP contribution in [0.4, 0.5) is 5.69 Å². The van der Waals surface area contributed by atoms with E-state index in [4.69, 9.17) is 10.2 Å². The summed E-state index contributed by atoms with van der Waals surface area (Å²) in [5.74, 6) is -0.803. The Balaban J connectivity index is 1.40. The van der Waals surface area contributed by atoms with Gasteiger partial charge in [0.2, 0.25) is 17.7 Å². The highest BCUT2D eigenvalue weighted by atomic mass is 16.3. The van der Waals surface area contributed by atoms with Crippen LogP contribution in [-0.4, -0.2) is 35.7 Å². The van der Waals surface area contributed by atoms with Gasteiger partial charge in [0, 0.05) is 41.7 Å². The molecular weight excluding hydrogens is 418 g/mol. The van der Waals surface area contributed by atoms with Gasteiger partial charge in [-0.3, -0.25) is 14.4 Å². The molecule has 0 radical (unpaired) electrons. The van der Waals surface area contributed by atoms with E-state index >= 15 is 0 Å². The average Bonchev–Trinajstić information content (AvgIpc) is 3.23. The van der Waals surface area contributed by atoms with Crippen LogP contribution in [0.15, 0.2) is 71.3 Å². The first-order valence-corrected chi connectivity index (χ1v) is 10.8. The molecule has 3 aromatic carbocycles. The number of furan rings is 1. The number of hydrogen-bond acceptors (Lipinski definition) is 4. The minimum atomic E-state index is -0.525. The maximum atomic E-state index is 13.0. The molecule has 0 unspecified atom stereocenters. The van der Waals surface area contributed by atoms with Crippen molar-refractivity contribution in [1.29, 1.82) is 0 Å². The quantitative estimate of drug-likeness (QED) is 0.428. The Kier molecular flexibility index (Phi) is 6.40. The first-order chi connectivity index (χ1) is 16.0. The number of carbonyl (C=O) groups is 3. The second-order valence-electron chi connectivity index (χ2n) is 7.81. The van der Waals surface area contributed by atoms with E-state index in [0.717, 1.165) is 27.3 Å². The van der Waals surface area contributed by atoms with Crippen molar-refractivity contribution in [2.24, 2.45) is 5.73 Å². The second-order valence-corrected chi connectivity index (χ2v) is 7.81. The molecule has 0 spiro atoms. The third-order valence-electron chi connectivity index (χ3n) is 5.68. The molecule has 0 aliphatic rings. The third kappa shape index (κ3) is 4.87. The van der Waals surface area contributed by atoms with Crippen LogP contribution in [-0.2, 0) is 16.0 Å². The summed E-state index contributed by atoms with van der Waals surface area (Å²) in [6.07, 6.45) is 2.00. The molecule has 0 bridgehead atoms. The van der Waals surface area contributed by atoms with Gasteiger partial charge in [0.05, 0.1) is 12.7 Å². The zero-order chi connectivity index (χ0) is 23.4. The molecule has 0 aliphatic carbocycles. The molecule has 0 saturated heterocycles. The number of rotatable bonds is 8. The third-order valence-corrected chi connectivity index (χ3v) is 5.68. The minimum Gasteiger partial charge on any atom is -0.464 e. The van der Waals surface area contributed by atoms with Gasteiger partial charge in [-0.25, -0.2) is 0 Å². The Morgan fingerprint density at radius 3 is 2.48 bits per heavy atom. The number of likely N-dealkylation sites (N-methyl/N-ethyl adjacent to an activating group) is 1. The summed E-state index contributed by atoms with van der Waals surface area (Å²) in [6, 6.07) is 18.3. The first kappa shape index (κ1) is 22.1. The average molecular weight is 444 g/mol. The van der Waals surface area contributed by atoms with Crippen LogP contribution in [0.2, 0.25) is 0 Å². The lowest BCUT2D eigenvalue weighted by atomic mass is 10.0. The fourth-order valence-electron chi connectivity index (χ4n) is 3.92. The van der Waals surface area contributed by atoms with Crippen LogP contribution in [0.5, 0.6) is 0 Å². The van der Waals surface area contributed by atoms with Crippen LogP contribution < -0.4 is 11.1 Å². The summed E-state index contributed by atoms with van der Waals surface area (Å²) in [5.41, 5.74) is 7.75. The fraction of sp³-hybridized carbons (Fsp3) is 0.192. The van der Waals surface area contributed by atoms with Gasteiger partial charge < -0.3 is 20.4 Å².